The minimum atomic E-state index is -3.05. The molecule has 1 fully saturated rings. The van der Waals surface area contributed by atoms with Crippen molar-refractivity contribution < 1.29 is 13.2 Å². The fourth-order valence-corrected chi connectivity index (χ4v) is 3.73. The molecule has 5 nitrogen and oxygen atoms in total. The lowest BCUT2D eigenvalue weighted by molar-refractivity contribution is 0.193. The second-order valence-corrected chi connectivity index (χ2v) is 8.58. The highest BCUT2D eigenvalue weighted by Crippen LogP contribution is 2.34. The molecule has 2 amide bonds. The molecule has 0 aromatic heterocycles. The Kier molecular flexibility index (Phi) is 5.68. The van der Waals surface area contributed by atoms with Crippen molar-refractivity contribution in [1.29, 1.82) is 0 Å². The van der Waals surface area contributed by atoms with Gasteiger partial charge in [-0.15, -0.1) is 0 Å². The van der Waals surface area contributed by atoms with Crippen molar-refractivity contribution in [2.75, 3.05) is 24.6 Å². The predicted molar refractivity (Wildman–Crippen MR) is 92.3 cm³/mol. The average molecular weight is 338 g/mol. The van der Waals surface area contributed by atoms with E-state index in [1.807, 2.05) is 11.0 Å². The van der Waals surface area contributed by atoms with Gasteiger partial charge < -0.3 is 10.2 Å². The molecule has 23 heavy (non-hydrogen) atoms. The lowest BCUT2D eigenvalue weighted by atomic mass is 9.96. The summed E-state index contributed by atoms with van der Waals surface area (Å²) in [7, 11) is -3.05. The number of nitrogens with one attached hydrogen (secondary N) is 1. The smallest absolute Gasteiger partial charge is 0.317 e. The summed E-state index contributed by atoms with van der Waals surface area (Å²) in [5.74, 6) is 0.106. The van der Waals surface area contributed by atoms with E-state index < -0.39 is 9.84 Å². The maximum Gasteiger partial charge on any atom is 0.317 e. The molecule has 1 aromatic rings. The van der Waals surface area contributed by atoms with Crippen LogP contribution in [0, 0.1) is 13.8 Å². The first-order valence-electron chi connectivity index (χ1n) is 8.16. The first-order valence-corrected chi connectivity index (χ1v) is 9.99. The van der Waals surface area contributed by atoms with E-state index in [4.69, 9.17) is 0 Å². The molecule has 2 rings (SSSR count). The number of hydrogen-bond acceptors (Lipinski definition) is 3. The average Bonchev–Trinajstić information content (AvgIpc) is 2.99. The lowest BCUT2D eigenvalue weighted by Gasteiger charge is -2.27. The Balaban J connectivity index is 2.04. The summed E-state index contributed by atoms with van der Waals surface area (Å²) in [5, 5.41) is 2.76. The molecular formula is C17H26N2O3S. The topological polar surface area (TPSA) is 66.5 Å². The highest BCUT2D eigenvalue weighted by atomic mass is 32.2. The first kappa shape index (κ1) is 17.8. The number of carbonyl (C=O) groups excluding carboxylic acids is 1. The van der Waals surface area contributed by atoms with Crippen molar-refractivity contribution in [2.45, 2.75) is 39.7 Å². The van der Waals surface area contributed by atoms with Gasteiger partial charge in [0.15, 0.2) is 9.84 Å². The molecule has 0 saturated carbocycles. The van der Waals surface area contributed by atoms with Crippen LogP contribution < -0.4 is 5.32 Å². The number of hydrogen-bond donors (Lipinski definition) is 1. The van der Waals surface area contributed by atoms with Crippen LogP contribution in [-0.4, -0.2) is 43.9 Å². The van der Waals surface area contributed by atoms with Gasteiger partial charge in [-0.1, -0.05) is 25.1 Å². The molecule has 128 valence electrons. The van der Waals surface area contributed by atoms with Crippen molar-refractivity contribution >= 4 is 15.9 Å². The van der Waals surface area contributed by atoms with E-state index in [2.05, 4.69) is 31.3 Å². The van der Waals surface area contributed by atoms with Gasteiger partial charge in [0.2, 0.25) is 0 Å². The number of likely N-dealkylation sites (tertiary alicyclic amines) is 1. The number of aryl methyl sites for hydroxylation is 1. The SMILES string of the molecule is CCS(=O)(=O)CCNC(=O)N1CCC[C@@H]1c1cccc(C)c1C. The van der Waals surface area contributed by atoms with Crippen molar-refractivity contribution in [3.05, 3.63) is 34.9 Å². The maximum absolute atomic E-state index is 12.4. The summed E-state index contributed by atoms with van der Waals surface area (Å²) >= 11 is 0. The van der Waals surface area contributed by atoms with Crippen molar-refractivity contribution in [1.82, 2.24) is 10.2 Å². The zero-order valence-electron chi connectivity index (χ0n) is 14.1. The maximum atomic E-state index is 12.4. The zero-order chi connectivity index (χ0) is 17.0. The van der Waals surface area contributed by atoms with Crippen LogP contribution in [0.5, 0.6) is 0 Å². The van der Waals surface area contributed by atoms with Crippen LogP contribution in [0.2, 0.25) is 0 Å². The number of benzene rings is 1. The highest BCUT2D eigenvalue weighted by Gasteiger charge is 2.30. The standard InChI is InChI=1S/C17H26N2O3S/c1-4-23(21,22)12-10-18-17(20)19-11-6-9-16(19)15-8-5-7-13(2)14(15)3/h5,7-8,16H,4,6,9-12H2,1-3H3,(H,18,20)/t16-/m1/s1. The fraction of sp³-hybridized carbons (Fsp3) is 0.588. The van der Waals surface area contributed by atoms with Gasteiger partial charge in [-0.2, -0.15) is 0 Å². The van der Waals surface area contributed by atoms with Crippen LogP contribution in [0.25, 0.3) is 0 Å². The second kappa shape index (κ2) is 7.34. The third-order valence-electron chi connectivity index (χ3n) is 4.65. The van der Waals surface area contributed by atoms with E-state index in [-0.39, 0.29) is 30.1 Å². The number of urea groups is 1. The number of carbonyl (C=O) groups is 1. The molecule has 0 radical (unpaired) electrons. The van der Waals surface area contributed by atoms with Gasteiger partial charge in [0.1, 0.15) is 0 Å². The van der Waals surface area contributed by atoms with Crippen LogP contribution in [0.3, 0.4) is 0 Å². The number of rotatable bonds is 5. The molecule has 6 heteroatoms. The monoisotopic (exact) mass is 338 g/mol. The molecule has 1 aliphatic rings. The van der Waals surface area contributed by atoms with Gasteiger partial charge in [0, 0.05) is 18.8 Å². The first-order chi connectivity index (χ1) is 10.9. The minimum absolute atomic E-state index is 0.00276. The summed E-state index contributed by atoms with van der Waals surface area (Å²) in [6.45, 7) is 6.67. The molecule has 1 saturated heterocycles. The summed E-state index contributed by atoms with van der Waals surface area (Å²) in [6.07, 6.45) is 1.92. The van der Waals surface area contributed by atoms with Crippen molar-refractivity contribution in [3.63, 3.8) is 0 Å². The molecule has 1 aliphatic heterocycles. The van der Waals surface area contributed by atoms with Gasteiger partial charge in [0.05, 0.1) is 11.8 Å². The van der Waals surface area contributed by atoms with Crippen LogP contribution in [0.1, 0.15) is 42.5 Å². The van der Waals surface area contributed by atoms with Crippen molar-refractivity contribution in [2.24, 2.45) is 0 Å². The Labute approximate surface area is 139 Å². The summed E-state index contributed by atoms with van der Waals surface area (Å²) in [6, 6.07) is 6.10. The molecule has 1 heterocycles. The molecule has 1 aromatic carbocycles. The molecular weight excluding hydrogens is 312 g/mol. The van der Waals surface area contributed by atoms with Gasteiger partial charge >= 0.3 is 6.03 Å². The van der Waals surface area contributed by atoms with E-state index in [1.165, 1.54) is 16.7 Å². The van der Waals surface area contributed by atoms with E-state index >= 15 is 0 Å². The third kappa shape index (κ3) is 4.25. The third-order valence-corrected chi connectivity index (χ3v) is 6.35. The Morgan fingerprint density at radius 2 is 2.09 bits per heavy atom. The van der Waals surface area contributed by atoms with E-state index in [0.29, 0.717) is 6.54 Å². The molecule has 1 N–H and O–H groups in total. The summed E-state index contributed by atoms with van der Waals surface area (Å²) in [5.41, 5.74) is 3.65. The van der Waals surface area contributed by atoms with Crippen LogP contribution in [0.15, 0.2) is 18.2 Å². The molecule has 0 aliphatic carbocycles. The molecule has 0 unspecified atom stereocenters. The second-order valence-electron chi connectivity index (χ2n) is 6.11. The summed E-state index contributed by atoms with van der Waals surface area (Å²) < 4.78 is 23.0. The predicted octanol–water partition coefficient (Wildman–Crippen LogP) is 2.58. The fourth-order valence-electron chi connectivity index (χ4n) is 3.03. The zero-order valence-corrected chi connectivity index (χ0v) is 14.9. The Hall–Kier alpha value is -1.56. The molecule has 0 spiro atoms. The van der Waals surface area contributed by atoms with E-state index in [1.54, 1.807) is 6.92 Å². The quantitative estimate of drug-likeness (QED) is 0.897. The Morgan fingerprint density at radius 1 is 1.35 bits per heavy atom. The van der Waals surface area contributed by atoms with Gasteiger partial charge in [0.25, 0.3) is 0 Å². The summed E-state index contributed by atoms with van der Waals surface area (Å²) in [4.78, 5) is 14.3. The lowest BCUT2D eigenvalue weighted by Crippen LogP contribution is -2.41. The van der Waals surface area contributed by atoms with Crippen LogP contribution in [0.4, 0.5) is 4.79 Å². The Morgan fingerprint density at radius 3 is 2.78 bits per heavy atom. The normalized spacial score (nSPS) is 18.2. The molecule has 0 bridgehead atoms. The highest BCUT2D eigenvalue weighted by molar-refractivity contribution is 7.91. The van der Waals surface area contributed by atoms with E-state index in [9.17, 15) is 13.2 Å². The van der Waals surface area contributed by atoms with Crippen LogP contribution in [-0.2, 0) is 9.84 Å². The number of nitrogens with zero attached hydrogens (tertiary/aromatic N) is 1. The Bertz CT molecular complexity index is 670. The largest absolute Gasteiger partial charge is 0.337 e. The number of amides is 2. The van der Waals surface area contributed by atoms with E-state index in [0.717, 1.165) is 12.8 Å². The van der Waals surface area contributed by atoms with Gasteiger partial charge in [-0.3, -0.25) is 0 Å². The van der Waals surface area contributed by atoms with Gasteiger partial charge in [-0.25, -0.2) is 13.2 Å². The number of sulfone groups is 1. The van der Waals surface area contributed by atoms with Gasteiger partial charge in [-0.05, 0) is 43.4 Å². The molecule has 1 atom stereocenters. The minimum Gasteiger partial charge on any atom is -0.337 e. The van der Waals surface area contributed by atoms with Crippen LogP contribution >= 0.6 is 0 Å². The van der Waals surface area contributed by atoms with Crippen molar-refractivity contribution in [3.8, 4) is 0 Å².